The zero-order chi connectivity index (χ0) is 9.72. The highest BCUT2D eigenvalue weighted by molar-refractivity contribution is 5.85. The van der Waals surface area contributed by atoms with Crippen LogP contribution in [0, 0.1) is 0 Å². The maximum atomic E-state index is 10.0. The van der Waals surface area contributed by atoms with Gasteiger partial charge in [0.1, 0.15) is 24.6 Å². The number of aldehydes is 1. The van der Waals surface area contributed by atoms with Crippen molar-refractivity contribution >= 4 is 18.7 Å². The molecule has 0 radical (unpaired) electrons. The van der Waals surface area contributed by atoms with E-state index in [1.165, 1.54) is 0 Å². The molecule has 0 rings (SSSR count). The Hall–Kier alpha value is -0.240. The number of carbonyl (C=O) groups excluding carboxylic acids is 1. The van der Waals surface area contributed by atoms with Gasteiger partial charge in [-0.05, 0) is 0 Å². The van der Waals surface area contributed by atoms with Crippen LogP contribution in [0.4, 0.5) is 0 Å². The van der Waals surface area contributed by atoms with Crippen LogP contribution < -0.4 is 5.73 Å². The highest BCUT2D eigenvalue weighted by Gasteiger charge is 2.28. The van der Waals surface area contributed by atoms with E-state index in [0.717, 1.165) is 0 Å². The van der Waals surface area contributed by atoms with E-state index in [2.05, 4.69) is 0 Å². The molecule has 0 saturated carbocycles. The summed E-state index contributed by atoms with van der Waals surface area (Å²) in [7, 11) is 0. The molecule has 0 amide bonds. The van der Waals surface area contributed by atoms with Crippen LogP contribution in [0.2, 0.25) is 0 Å². The molecule has 0 aliphatic heterocycles. The average Bonchev–Trinajstić information content (AvgIpc) is 2.12. The topological polar surface area (TPSA) is 124 Å². The summed E-state index contributed by atoms with van der Waals surface area (Å²) in [5.74, 6) is 0. The SMILES string of the molecule is Cl.N[C@H](C=O)[C@@H](O)[C@@H](O)[C@H](O)CO. The molecule has 0 aromatic rings. The highest BCUT2D eigenvalue weighted by atomic mass is 35.5. The molecule has 80 valence electrons. The minimum Gasteiger partial charge on any atom is -0.394 e. The first-order valence-electron chi connectivity index (χ1n) is 3.40. The van der Waals surface area contributed by atoms with Crippen molar-refractivity contribution in [3.63, 3.8) is 0 Å². The van der Waals surface area contributed by atoms with Crippen LogP contribution in [0.1, 0.15) is 0 Å². The molecule has 0 spiro atoms. The molecule has 0 bridgehead atoms. The Kier molecular flexibility index (Phi) is 8.43. The number of halogens is 1. The van der Waals surface area contributed by atoms with Crippen molar-refractivity contribution in [1.29, 1.82) is 0 Å². The van der Waals surface area contributed by atoms with Crippen LogP contribution in [-0.4, -0.2) is 57.7 Å². The third-order valence-electron chi connectivity index (χ3n) is 1.48. The van der Waals surface area contributed by atoms with E-state index in [-0.39, 0.29) is 18.7 Å². The largest absolute Gasteiger partial charge is 0.394 e. The smallest absolute Gasteiger partial charge is 0.139 e. The molecule has 7 heteroatoms. The number of hydrogen-bond donors (Lipinski definition) is 5. The Morgan fingerprint density at radius 2 is 1.69 bits per heavy atom. The van der Waals surface area contributed by atoms with Crippen LogP contribution in [0.5, 0.6) is 0 Å². The molecule has 0 aromatic heterocycles. The normalized spacial score (nSPS) is 19.5. The van der Waals surface area contributed by atoms with Crippen molar-refractivity contribution < 1.29 is 25.2 Å². The van der Waals surface area contributed by atoms with Crippen molar-refractivity contribution in [2.24, 2.45) is 5.73 Å². The Morgan fingerprint density at radius 1 is 1.23 bits per heavy atom. The standard InChI is InChI=1S/C6H13NO5.ClH/c7-3(1-8)5(11)6(12)4(10)2-9;/h1,3-6,9-12H,2,7H2;1H/t3-,4-,5-,6+;/m1./s1. The third kappa shape index (κ3) is 4.51. The molecule has 0 unspecified atom stereocenters. The van der Waals surface area contributed by atoms with Gasteiger partial charge in [0, 0.05) is 0 Å². The average molecular weight is 216 g/mol. The van der Waals surface area contributed by atoms with Crippen LogP contribution in [0.3, 0.4) is 0 Å². The van der Waals surface area contributed by atoms with Gasteiger partial charge in [0.2, 0.25) is 0 Å². The van der Waals surface area contributed by atoms with Crippen molar-refractivity contribution in [2.75, 3.05) is 6.61 Å². The van der Waals surface area contributed by atoms with E-state index in [1.54, 1.807) is 0 Å². The lowest BCUT2D eigenvalue weighted by molar-refractivity contribution is -0.118. The van der Waals surface area contributed by atoms with Crippen LogP contribution in [-0.2, 0) is 4.79 Å². The fourth-order valence-electron chi connectivity index (χ4n) is 0.644. The summed E-state index contributed by atoms with van der Waals surface area (Å²) in [4.78, 5) is 10.0. The van der Waals surface area contributed by atoms with Crippen LogP contribution >= 0.6 is 12.4 Å². The van der Waals surface area contributed by atoms with E-state index in [1.807, 2.05) is 0 Å². The molecule has 4 atom stereocenters. The number of hydrogen-bond acceptors (Lipinski definition) is 6. The fraction of sp³-hybridized carbons (Fsp3) is 0.833. The van der Waals surface area contributed by atoms with Gasteiger partial charge >= 0.3 is 0 Å². The lowest BCUT2D eigenvalue weighted by atomic mass is 10.0. The number of aliphatic hydroxyl groups is 4. The first-order valence-corrected chi connectivity index (χ1v) is 3.40. The summed E-state index contributed by atoms with van der Waals surface area (Å²) in [6.07, 6.45) is -4.43. The summed E-state index contributed by atoms with van der Waals surface area (Å²) in [5, 5.41) is 35.2. The number of nitrogens with two attached hydrogens (primary N) is 1. The van der Waals surface area contributed by atoms with Gasteiger partial charge in [0.05, 0.1) is 12.6 Å². The van der Waals surface area contributed by atoms with Crippen LogP contribution in [0.15, 0.2) is 0 Å². The van der Waals surface area contributed by atoms with Gasteiger partial charge in [-0.25, -0.2) is 0 Å². The van der Waals surface area contributed by atoms with Gasteiger partial charge in [0.25, 0.3) is 0 Å². The molecule has 13 heavy (non-hydrogen) atoms. The molecule has 0 aliphatic carbocycles. The van der Waals surface area contributed by atoms with Gasteiger partial charge < -0.3 is 31.0 Å². The minimum atomic E-state index is -1.62. The lowest BCUT2D eigenvalue weighted by Crippen LogP contribution is -2.49. The second kappa shape index (κ2) is 7.19. The summed E-state index contributed by atoms with van der Waals surface area (Å²) in [6.45, 7) is -0.705. The number of aliphatic hydroxyl groups excluding tert-OH is 4. The van der Waals surface area contributed by atoms with E-state index < -0.39 is 31.0 Å². The maximum Gasteiger partial charge on any atom is 0.139 e. The number of rotatable bonds is 5. The predicted octanol–water partition coefficient (Wildman–Crippen LogP) is -2.99. The van der Waals surface area contributed by atoms with Gasteiger partial charge in [-0.1, -0.05) is 0 Å². The first kappa shape index (κ1) is 15.2. The molecule has 0 saturated heterocycles. The zero-order valence-corrected chi connectivity index (χ0v) is 7.59. The molecule has 0 aliphatic rings. The lowest BCUT2D eigenvalue weighted by Gasteiger charge is -2.23. The highest BCUT2D eigenvalue weighted by Crippen LogP contribution is 2.01. The minimum absolute atomic E-state index is 0. The van der Waals surface area contributed by atoms with E-state index in [4.69, 9.17) is 26.2 Å². The molecular formula is C6H14ClNO5. The third-order valence-corrected chi connectivity index (χ3v) is 1.48. The maximum absolute atomic E-state index is 10.0. The van der Waals surface area contributed by atoms with Gasteiger partial charge in [0.15, 0.2) is 0 Å². The summed E-state index contributed by atoms with van der Waals surface area (Å²) in [5.41, 5.74) is 5.04. The van der Waals surface area contributed by atoms with E-state index in [9.17, 15) is 4.79 Å². The van der Waals surface area contributed by atoms with Crippen molar-refractivity contribution in [1.82, 2.24) is 0 Å². The molecule has 0 aromatic carbocycles. The molecule has 0 fully saturated rings. The molecular weight excluding hydrogens is 202 g/mol. The zero-order valence-electron chi connectivity index (χ0n) is 6.78. The Bertz CT molecular complexity index is 147. The van der Waals surface area contributed by atoms with E-state index in [0.29, 0.717) is 0 Å². The molecule has 6 nitrogen and oxygen atoms in total. The van der Waals surface area contributed by atoms with Crippen LogP contribution in [0.25, 0.3) is 0 Å². The summed E-state index contributed by atoms with van der Waals surface area (Å²) in [6, 6.07) is -1.26. The summed E-state index contributed by atoms with van der Waals surface area (Å²) >= 11 is 0. The van der Waals surface area contributed by atoms with Gasteiger partial charge in [-0.15, -0.1) is 12.4 Å². The second-order valence-corrected chi connectivity index (χ2v) is 2.44. The number of carbonyl (C=O) groups is 1. The quantitative estimate of drug-likeness (QED) is 0.312. The van der Waals surface area contributed by atoms with Gasteiger partial charge in [-0.2, -0.15) is 0 Å². The Balaban J connectivity index is 0. The van der Waals surface area contributed by atoms with Crippen molar-refractivity contribution in [3.05, 3.63) is 0 Å². The monoisotopic (exact) mass is 215 g/mol. The molecule has 6 N–H and O–H groups in total. The fourth-order valence-corrected chi connectivity index (χ4v) is 0.644. The van der Waals surface area contributed by atoms with Crippen molar-refractivity contribution in [2.45, 2.75) is 24.4 Å². The summed E-state index contributed by atoms with van der Waals surface area (Å²) < 4.78 is 0. The van der Waals surface area contributed by atoms with Crippen molar-refractivity contribution in [3.8, 4) is 0 Å². The van der Waals surface area contributed by atoms with Gasteiger partial charge in [-0.3, -0.25) is 0 Å². The van der Waals surface area contributed by atoms with E-state index >= 15 is 0 Å². The molecule has 0 heterocycles. The second-order valence-electron chi connectivity index (χ2n) is 2.44. The Morgan fingerprint density at radius 3 is 2.00 bits per heavy atom. The first-order chi connectivity index (χ1) is 5.54. The predicted molar refractivity (Wildman–Crippen MR) is 46.4 cm³/mol. The Labute approximate surface area is 81.4 Å².